The summed E-state index contributed by atoms with van der Waals surface area (Å²) in [6.45, 7) is 3.67. The number of carbonyl (C=O) groups excluding carboxylic acids is 2. The third-order valence-electron chi connectivity index (χ3n) is 6.65. The van der Waals surface area contributed by atoms with Gasteiger partial charge in [0, 0.05) is 24.7 Å². The first-order valence-corrected chi connectivity index (χ1v) is 14.3. The van der Waals surface area contributed by atoms with Crippen molar-refractivity contribution < 1.29 is 18.0 Å². The van der Waals surface area contributed by atoms with Gasteiger partial charge in [-0.1, -0.05) is 67.6 Å². The highest BCUT2D eigenvalue weighted by molar-refractivity contribution is 7.89. The van der Waals surface area contributed by atoms with Crippen LogP contribution in [-0.4, -0.2) is 55.1 Å². The van der Waals surface area contributed by atoms with Gasteiger partial charge in [-0.25, -0.2) is 8.42 Å². The molecule has 196 valence electrons. The third kappa shape index (κ3) is 7.31. The van der Waals surface area contributed by atoms with Gasteiger partial charge in [0.25, 0.3) is 0 Å². The van der Waals surface area contributed by atoms with Gasteiger partial charge in [0.2, 0.25) is 21.8 Å². The molecule has 3 rings (SSSR count). The number of amides is 2. The number of halogens is 1. The molecule has 1 N–H and O–H groups in total. The Morgan fingerprint density at radius 1 is 1.08 bits per heavy atom. The van der Waals surface area contributed by atoms with Crippen LogP contribution in [0.5, 0.6) is 0 Å². The molecule has 2 aromatic carbocycles. The summed E-state index contributed by atoms with van der Waals surface area (Å²) < 4.78 is 27.2. The Bertz CT molecular complexity index is 1150. The lowest BCUT2D eigenvalue weighted by Crippen LogP contribution is -2.53. The first-order chi connectivity index (χ1) is 17.1. The lowest BCUT2D eigenvalue weighted by Gasteiger charge is -2.33. The smallest absolute Gasteiger partial charge is 0.243 e. The lowest BCUT2D eigenvalue weighted by atomic mass is 9.95. The van der Waals surface area contributed by atoms with Crippen LogP contribution >= 0.6 is 11.6 Å². The van der Waals surface area contributed by atoms with Gasteiger partial charge in [-0.2, -0.15) is 4.31 Å². The van der Waals surface area contributed by atoms with Crippen molar-refractivity contribution in [3.63, 3.8) is 0 Å². The molecule has 7 nitrogen and oxygen atoms in total. The minimum Gasteiger partial charge on any atom is -0.352 e. The molecule has 1 aliphatic carbocycles. The van der Waals surface area contributed by atoms with E-state index in [1.54, 1.807) is 0 Å². The van der Waals surface area contributed by atoms with Crippen molar-refractivity contribution in [2.75, 3.05) is 13.6 Å². The average Bonchev–Trinajstić information content (AvgIpc) is 2.84. The minimum absolute atomic E-state index is 0.0505. The Morgan fingerprint density at radius 2 is 1.75 bits per heavy atom. The molecule has 0 saturated heterocycles. The zero-order valence-corrected chi connectivity index (χ0v) is 22.8. The Hall–Kier alpha value is -2.42. The number of carbonyl (C=O) groups is 2. The van der Waals surface area contributed by atoms with Crippen molar-refractivity contribution in [3.05, 3.63) is 64.7 Å². The second kappa shape index (κ2) is 12.7. The molecule has 0 heterocycles. The fourth-order valence-electron chi connectivity index (χ4n) is 4.62. The van der Waals surface area contributed by atoms with Gasteiger partial charge < -0.3 is 10.2 Å². The molecule has 1 saturated carbocycles. The Balaban J connectivity index is 1.83. The Kier molecular flexibility index (Phi) is 9.93. The highest BCUT2D eigenvalue weighted by atomic mass is 35.5. The summed E-state index contributed by atoms with van der Waals surface area (Å²) in [5.74, 6) is -0.615. The molecule has 9 heteroatoms. The maximum absolute atomic E-state index is 13.6. The number of sulfonamides is 1. The van der Waals surface area contributed by atoms with Crippen LogP contribution in [0.2, 0.25) is 5.02 Å². The van der Waals surface area contributed by atoms with Crippen LogP contribution in [0.15, 0.2) is 53.4 Å². The molecular weight excluding hydrogens is 498 g/mol. The Labute approximate surface area is 219 Å². The van der Waals surface area contributed by atoms with E-state index in [4.69, 9.17) is 11.6 Å². The maximum Gasteiger partial charge on any atom is 0.243 e. The molecule has 0 bridgehead atoms. The van der Waals surface area contributed by atoms with Crippen molar-refractivity contribution in [2.45, 2.75) is 75.9 Å². The topological polar surface area (TPSA) is 86.8 Å². The van der Waals surface area contributed by atoms with Crippen LogP contribution in [0, 0.1) is 6.92 Å². The number of likely N-dealkylation sites (N-methyl/N-ethyl adjacent to an activating group) is 1. The Morgan fingerprint density at radius 3 is 2.36 bits per heavy atom. The summed E-state index contributed by atoms with van der Waals surface area (Å²) in [7, 11) is -2.54. The summed E-state index contributed by atoms with van der Waals surface area (Å²) in [4.78, 5) is 28.5. The van der Waals surface area contributed by atoms with Gasteiger partial charge in [-0.3, -0.25) is 9.59 Å². The van der Waals surface area contributed by atoms with Gasteiger partial charge in [0.15, 0.2) is 0 Å². The second-order valence-electron chi connectivity index (χ2n) is 9.49. The standard InChI is InChI=1S/C27H36ClN3O4S/c1-4-25(27(33)29-23-11-6-5-7-12-23)31(18-21-10-8-9-20(2)17-21)26(32)19-30(3)36(34,35)24-15-13-22(28)14-16-24/h8-10,13-17,23,25H,4-7,11-12,18-19H2,1-3H3,(H,29,33)/t25-/m0/s1. The first kappa shape index (κ1) is 28.2. The molecule has 0 aliphatic heterocycles. The van der Waals surface area contributed by atoms with Gasteiger partial charge in [0.05, 0.1) is 11.4 Å². The highest BCUT2D eigenvalue weighted by Gasteiger charge is 2.32. The third-order valence-corrected chi connectivity index (χ3v) is 8.72. The summed E-state index contributed by atoms with van der Waals surface area (Å²) in [5, 5.41) is 3.56. The monoisotopic (exact) mass is 533 g/mol. The van der Waals surface area contributed by atoms with Gasteiger partial charge >= 0.3 is 0 Å². The molecular formula is C27H36ClN3O4S. The van der Waals surface area contributed by atoms with Crippen LogP contribution in [0.3, 0.4) is 0 Å². The zero-order chi connectivity index (χ0) is 26.3. The fraction of sp³-hybridized carbons (Fsp3) is 0.481. The molecule has 2 aromatic rings. The van der Waals surface area contributed by atoms with Gasteiger partial charge in [-0.05, 0) is 56.0 Å². The average molecular weight is 534 g/mol. The maximum atomic E-state index is 13.6. The van der Waals surface area contributed by atoms with Crippen LogP contribution in [0.4, 0.5) is 0 Å². The number of nitrogens with zero attached hydrogens (tertiary/aromatic N) is 2. The van der Waals surface area contributed by atoms with Crippen LogP contribution < -0.4 is 5.32 Å². The van der Waals surface area contributed by atoms with E-state index in [0.29, 0.717) is 11.4 Å². The van der Waals surface area contributed by atoms with Crippen LogP contribution in [0.25, 0.3) is 0 Å². The highest BCUT2D eigenvalue weighted by Crippen LogP contribution is 2.21. The SMILES string of the molecule is CC[C@@H](C(=O)NC1CCCCC1)N(Cc1cccc(C)c1)C(=O)CN(C)S(=O)(=O)c1ccc(Cl)cc1. The molecule has 1 fully saturated rings. The molecule has 0 spiro atoms. The normalized spacial score (nSPS) is 15.5. The quantitative estimate of drug-likeness (QED) is 0.486. The van der Waals surface area contributed by atoms with Crippen molar-refractivity contribution in [2.24, 2.45) is 0 Å². The van der Waals surface area contributed by atoms with Crippen molar-refractivity contribution >= 4 is 33.4 Å². The van der Waals surface area contributed by atoms with Gasteiger partial charge in [-0.15, -0.1) is 0 Å². The minimum atomic E-state index is -3.91. The van der Waals surface area contributed by atoms with E-state index in [-0.39, 0.29) is 29.9 Å². The van der Waals surface area contributed by atoms with Crippen LogP contribution in [0.1, 0.15) is 56.6 Å². The first-order valence-electron chi connectivity index (χ1n) is 12.5. The van der Waals surface area contributed by atoms with Crippen molar-refractivity contribution in [3.8, 4) is 0 Å². The van der Waals surface area contributed by atoms with E-state index in [9.17, 15) is 18.0 Å². The summed E-state index contributed by atoms with van der Waals surface area (Å²) >= 11 is 5.90. The van der Waals surface area contributed by atoms with E-state index in [2.05, 4.69) is 5.32 Å². The summed E-state index contributed by atoms with van der Waals surface area (Å²) in [5.41, 5.74) is 1.93. The van der Waals surface area contributed by atoms with E-state index in [1.165, 1.54) is 42.6 Å². The molecule has 1 atom stereocenters. The molecule has 0 radical (unpaired) electrons. The van der Waals surface area contributed by atoms with E-state index in [0.717, 1.165) is 41.1 Å². The number of hydrogen-bond donors (Lipinski definition) is 1. The lowest BCUT2D eigenvalue weighted by molar-refractivity contribution is -0.141. The van der Waals surface area contributed by atoms with Gasteiger partial charge in [0.1, 0.15) is 6.04 Å². The fourth-order valence-corrected chi connectivity index (χ4v) is 5.87. The largest absolute Gasteiger partial charge is 0.352 e. The molecule has 2 amide bonds. The molecule has 0 aromatic heterocycles. The predicted molar refractivity (Wildman–Crippen MR) is 142 cm³/mol. The summed E-state index contributed by atoms with van der Waals surface area (Å²) in [6, 6.07) is 13.0. The van der Waals surface area contributed by atoms with Crippen LogP contribution in [-0.2, 0) is 26.2 Å². The zero-order valence-electron chi connectivity index (χ0n) is 21.2. The molecule has 1 aliphatic rings. The molecule has 0 unspecified atom stereocenters. The predicted octanol–water partition coefficient (Wildman–Crippen LogP) is 4.53. The van der Waals surface area contributed by atoms with Crippen molar-refractivity contribution in [1.29, 1.82) is 0 Å². The summed E-state index contributed by atoms with van der Waals surface area (Å²) in [6.07, 6.45) is 5.65. The molecule has 36 heavy (non-hydrogen) atoms. The number of benzene rings is 2. The number of nitrogens with one attached hydrogen (secondary N) is 1. The van der Waals surface area contributed by atoms with E-state index < -0.39 is 22.0 Å². The second-order valence-corrected chi connectivity index (χ2v) is 12.0. The number of rotatable bonds is 10. The number of aryl methyl sites for hydroxylation is 1. The number of hydrogen-bond acceptors (Lipinski definition) is 4. The van der Waals surface area contributed by atoms with E-state index >= 15 is 0 Å². The van der Waals surface area contributed by atoms with Crippen molar-refractivity contribution in [1.82, 2.24) is 14.5 Å². The van der Waals surface area contributed by atoms with E-state index in [1.807, 2.05) is 38.1 Å².